The van der Waals surface area contributed by atoms with E-state index in [0.29, 0.717) is 25.2 Å². The van der Waals surface area contributed by atoms with Crippen LogP contribution in [0.1, 0.15) is 22.3 Å². The number of halogens is 3. The molecular formula is C13H13F3N2O2. The highest BCUT2D eigenvalue weighted by Crippen LogP contribution is 2.34. The Bertz CT molecular complexity index is 529. The fraction of sp³-hybridized carbons (Fsp3) is 0.385. The summed E-state index contributed by atoms with van der Waals surface area (Å²) in [4.78, 5) is 23.7. The zero-order valence-corrected chi connectivity index (χ0v) is 10.5. The lowest BCUT2D eigenvalue weighted by molar-refractivity contribution is -0.137. The summed E-state index contributed by atoms with van der Waals surface area (Å²) in [6.07, 6.45) is -3.76. The molecule has 0 unspecified atom stereocenters. The van der Waals surface area contributed by atoms with Gasteiger partial charge in [0, 0.05) is 24.3 Å². The van der Waals surface area contributed by atoms with Crippen molar-refractivity contribution in [3.63, 3.8) is 0 Å². The van der Waals surface area contributed by atoms with Crippen LogP contribution in [0.4, 0.5) is 18.9 Å². The van der Waals surface area contributed by atoms with Crippen LogP contribution in [-0.4, -0.2) is 31.8 Å². The molecule has 1 aromatic carbocycles. The van der Waals surface area contributed by atoms with Crippen molar-refractivity contribution < 1.29 is 22.8 Å². The second-order valence-electron chi connectivity index (χ2n) is 4.51. The minimum absolute atomic E-state index is 0.0116. The third-order valence-corrected chi connectivity index (χ3v) is 3.10. The number of amides is 1. The Kier molecular flexibility index (Phi) is 3.96. The van der Waals surface area contributed by atoms with E-state index in [1.54, 1.807) is 4.90 Å². The summed E-state index contributed by atoms with van der Waals surface area (Å²) in [7, 11) is 0. The fourth-order valence-corrected chi connectivity index (χ4v) is 2.12. The number of rotatable bonds is 2. The molecule has 0 aliphatic carbocycles. The highest BCUT2D eigenvalue weighted by Gasteiger charge is 2.34. The number of hydrogen-bond acceptors (Lipinski definition) is 3. The first-order valence-electron chi connectivity index (χ1n) is 6.10. The van der Waals surface area contributed by atoms with E-state index in [4.69, 9.17) is 0 Å². The SMILES string of the molecule is O=Cc1ccc(N2CCCNC(=O)C2)cc1C(F)(F)F. The number of carbonyl (C=O) groups excluding carboxylic acids is 2. The van der Waals surface area contributed by atoms with E-state index in [1.807, 2.05) is 0 Å². The van der Waals surface area contributed by atoms with Gasteiger partial charge >= 0.3 is 6.18 Å². The van der Waals surface area contributed by atoms with Gasteiger partial charge < -0.3 is 10.2 Å². The van der Waals surface area contributed by atoms with Crippen LogP contribution in [0, 0.1) is 0 Å². The van der Waals surface area contributed by atoms with Crippen molar-refractivity contribution in [1.29, 1.82) is 0 Å². The van der Waals surface area contributed by atoms with E-state index in [9.17, 15) is 22.8 Å². The third kappa shape index (κ3) is 3.09. The van der Waals surface area contributed by atoms with Crippen LogP contribution < -0.4 is 10.2 Å². The number of nitrogens with zero attached hydrogens (tertiary/aromatic N) is 1. The molecule has 20 heavy (non-hydrogen) atoms. The Morgan fingerprint density at radius 2 is 2.05 bits per heavy atom. The summed E-state index contributed by atoms with van der Waals surface area (Å²) in [5.74, 6) is -0.226. The van der Waals surface area contributed by atoms with Gasteiger partial charge in [0.25, 0.3) is 0 Å². The third-order valence-electron chi connectivity index (χ3n) is 3.10. The number of alkyl halides is 3. The first-order chi connectivity index (χ1) is 9.41. The molecule has 0 aromatic heterocycles. The molecule has 1 fully saturated rings. The van der Waals surface area contributed by atoms with Crippen LogP contribution >= 0.6 is 0 Å². The monoisotopic (exact) mass is 286 g/mol. The molecule has 0 saturated carbocycles. The molecule has 0 bridgehead atoms. The molecule has 108 valence electrons. The normalized spacial score (nSPS) is 16.6. The van der Waals surface area contributed by atoms with Crippen LogP contribution in [-0.2, 0) is 11.0 Å². The molecule has 0 radical (unpaired) electrons. The molecule has 1 saturated heterocycles. The van der Waals surface area contributed by atoms with Gasteiger partial charge in [-0.05, 0) is 24.6 Å². The zero-order valence-electron chi connectivity index (χ0n) is 10.5. The van der Waals surface area contributed by atoms with Gasteiger partial charge in [-0.15, -0.1) is 0 Å². The maximum atomic E-state index is 12.9. The first-order valence-corrected chi connectivity index (χ1v) is 6.10. The summed E-state index contributed by atoms with van der Waals surface area (Å²) < 4.78 is 38.6. The van der Waals surface area contributed by atoms with Crippen LogP contribution in [0.5, 0.6) is 0 Å². The minimum Gasteiger partial charge on any atom is -0.362 e. The molecule has 1 N–H and O–H groups in total. The highest BCUT2D eigenvalue weighted by atomic mass is 19.4. The van der Waals surface area contributed by atoms with E-state index in [2.05, 4.69) is 5.32 Å². The largest absolute Gasteiger partial charge is 0.417 e. The molecule has 2 rings (SSSR count). The van der Waals surface area contributed by atoms with Crippen molar-refractivity contribution in [3.8, 4) is 0 Å². The Morgan fingerprint density at radius 3 is 2.70 bits per heavy atom. The predicted octanol–water partition coefficient (Wildman–Crippen LogP) is 1.84. The van der Waals surface area contributed by atoms with E-state index in [1.165, 1.54) is 6.07 Å². The van der Waals surface area contributed by atoms with Crippen LogP contribution in [0.15, 0.2) is 18.2 Å². The average Bonchev–Trinajstić information content (AvgIpc) is 2.61. The van der Waals surface area contributed by atoms with Crippen molar-refractivity contribution >= 4 is 17.9 Å². The van der Waals surface area contributed by atoms with Gasteiger partial charge in [-0.3, -0.25) is 9.59 Å². The minimum atomic E-state index is -4.60. The number of aldehydes is 1. The second kappa shape index (κ2) is 5.52. The van der Waals surface area contributed by atoms with Gasteiger partial charge in [-0.25, -0.2) is 0 Å². The molecule has 0 atom stereocenters. The van der Waals surface area contributed by atoms with Gasteiger partial charge in [0.05, 0.1) is 12.1 Å². The Hall–Kier alpha value is -2.05. The van der Waals surface area contributed by atoms with E-state index in [0.717, 1.165) is 12.1 Å². The second-order valence-corrected chi connectivity index (χ2v) is 4.51. The smallest absolute Gasteiger partial charge is 0.362 e. The van der Waals surface area contributed by atoms with E-state index >= 15 is 0 Å². The number of nitrogens with one attached hydrogen (secondary N) is 1. The van der Waals surface area contributed by atoms with Gasteiger partial charge in [0.15, 0.2) is 6.29 Å². The molecule has 1 amide bonds. The van der Waals surface area contributed by atoms with Crippen molar-refractivity contribution in [2.45, 2.75) is 12.6 Å². The molecule has 1 aromatic rings. The number of benzene rings is 1. The fourth-order valence-electron chi connectivity index (χ4n) is 2.12. The van der Waals surface area contributed by atoms with E-state index in [-0.39, 0.29) is 18.7 Å². The maximum absolute atomic E-state index is 12.9. The lowest BCUT2D eigenvalue weighted by Gasteiger charge is -2.23. The summed E-state index contributed by atoms with van der Waals surface area (Å²) >= 11 is 0. The summed E-state index contributed by atoms with van der Waals surface area (Å²) in [5, 5.41) is 2.65. The van der Waals surface area contributed by atoms with Crippen molar-refractivity contribution in [1.82, 2.24) is 5.32 Å². The lowest BCUT2D eigenvalue weighted by Crippen LogP contribution is -2.33. The Balaban J connectivity index is 2.37. The highest BCUT2D eigenvalue weighted by molar-refractivity contribution is 5.83. The maximum Gasteiger partial charge on any atom is 0.417 e. The molecule has 1 heterocycles. The molecular weight excluding hydrogens is 273 g/mol. The Labute approximate surface area is 113 Å². The molecule has 1 aliphatic heterocycles. The topological polar surface area (TPSA) is 49.4 Å². The summed E-state index contributed by atoms with van der Waals surface area (Å²) in [6, 6.07) is 3.48. The molecule has 7 heteroatoms. The number of anilines is 1. The molecule has 4 nitrogen and oxygen atoms in total. The Morgan fingerprint density at radius 1 is 1.30 bits per heavy atom. The van der Waals surface area contributed by atoms with Crippen LogP contribution in [0.2, 0.25) is 0 Å². The molecule has 1 aliphatic rings. The van der Waals surface area contributed by atoms with Crippen LogP contribution in [0.25, 0.3) is 0 Å². The first kappa shape index (κ1) is 14.4. The quantitative estimate of drug-likeness (QED) is 0.844. The van der Waals surface area contributed by atoms with Gasteiger partial charge in [-0.2, -0.15) is 13.2 Å². The van der Waals surface area contributed by atoms with E-state index < -0.39 is 17.3 Å². The van der Waals surface area contributed by atoms with Gasteiger partial charge in [-0.1, -0.05) is 0 Å². The van der Waals surface area contributed by atoms with Crippen molar-refractivity contribution in [3.05, 3.63) is 29.3 Å². The van der Waals surface area contributed by atoms with Crippen molar-refractivity contribution in [2.75, 3.05) is 24.5 Å². The zero-order chi connectivity index (χ0) is 14.8. The number of hydrogen-bond donors (Lipinski definition) is 1. The van der Waals surface area contributed by atoms with Crippen molar-refractivity contribution in [2.24, 2.45) is 0 Å². The average molecular weight is 286 g/mol. The van der Waals surface area contributed by atoms with Gasteiger partial charge in [0.1, 0.15) is 0 Å². The van der Waals surface area contributed by atoms with Gasteiger partial charge in [0.2, 0.25) is 5.91 Å². The number of carbonyl (C=O) groups is 2. The summed E-state index contributed by atoms with van der Waals surface area (Å²) in [5.41, 5.74) is -1.09. The standard InChI is InChI=1S/C13H13F3N2O2/c14-13(15,16)11-6-10(3-2-9(11)8-19)18-5-1-4-17-12(20)7-18/h2-3,6,8H,1,4-5,7H2,(H,17,20). The summed E-state index contributed by atoms with van der Waals surface area (Å²) in [6.45, 7) is 1.00. The predicted molar refractivity (Wildman–Crippen MR) is 66.7 cm³/mol. The van der Waals surface area contributed by atoms with Crippen LogP contribution in [0.3, 0.4) is 0 Å². The lowest BCUT2D eigenvalue weighted by atomic mass is 10.1. The molecule has 0 spiro atoms.